The smallest absolute Gasteiger partial charge is 0.262 e. The highest BCUT2D eigenvalue weighted by Crippen LogP contribution is 2.33. The Bertz CT molecular complexity index is 1700. The topological polar surface area (TPSA) is 46.7 Å². The van der Waals surface area contributed by atoms with Crippen LogP contribution in [-0.2, 0) is 17.8 Å². The van der Waals surface area contributed by atoms with Crippen molar-refractivity contribution in [1.82, 2.24) is 13.9 Å². The van der Waals surface area contributed by atoms with Gasteiger partial charge in [-0.25, -0.2) is 0 Å². The van der Waals surface area contributed by atoms with Crippen LogP contribution in [0.15, 0.2) is 89.7 Å². The number of hydrogen-bond donors (Lipinski definition) is 0. The van der Waals surface area contributed by atoms with E-state index in [0.717, 1.165) is 48.3 Å². The molecule has 0 bridgehead atoms. The summed E-state index contributed by atoms with van der Waals surface area (Å²) in [4.78, 5) is 30.1. The predicted octanol–water partition coefficient (Wildman–Crippen LogP) is 6.19. The summed E-state index contributed by atoms with van der Waals surface area (Å²) in [5, 5.41) is 0.567. The van der Waals surface area contributed by atoms with E-state index in [4.69, 9.17) is 12.2 Å². The van der Waals surface area contributed by atoms with Crippen molar-refractivity contribution in [3.05, 3.63) is 105 Å². The Morgan fingerprint density at radius 1 is 0.892 bits per heavy atom. The summed E-state index contributed by atoms with van der Waals surface area (Å²) >= 11 is 7.26. The first-order valence-electron chi connectivity index (χ1n) is 12.6. The third-order valence-corrected chi connectivity index (χ3v) is 8.74. The molecule has 2 aromatic heterocycles. The molecule has 3 aromatic carbocycles. The van der Waals surface area contributed by atoms with Crippen molar-refractivity contribution in [2.45, 2.75) is 25.8 Å². The van der Waals surface area contributed by atoms with Crippen LogP contribution in [0.3, 0.4) is 0 Å². The minimum absolute atomic E-state index is 0.00185. The first-order valence-corrected chi connectivity index (χ1v) is 13.9. The maximum atomic E-state index is 13.8. The van der Waals surface area contributed by atoms with Crippen molar-refractivity contribution in [2.75, 3.05) is 13.1 Å². The molecular weight excluding hydrogens is 498 g/mol. The Kier molecular flexibility index (Phi) is 6.49. The number of carbonyl (C=O) groups excluding carboxylic acids is 1. The fourth-order valence-corrected chi connectivity index (χ4v) is 6.84. The van der Waals surface area contributed by atoms with Crippen molar-refractivity contribution in [1.29, 1.82) is 0 Å². The lowest BCUT2D eigenvalue weighted by molar-refractivity contribution is -0.133. The van der Waals surface area contributed by atoms with E-state index < -0.39 is 0 Å². The summed E-state index contributed by atoms with van der Waals surface area (Å²) in [6.07, 6.45) is 2.99. The minimum Gasteiger partial charge on any atom is -0.341 e. The molecule has 0 radical (unpaired) electrons. The van der Waals surface area contributed by atoms with Crippen LogP contribution >= 0.6 is 23.6 Å². The molecule has 5 aromatic rings. The zero-order valence-corrected chi connectivity index (χ0v) is 22.0. The molecule has 0 saturated carbocycles. The van der Waals surface area contributed by atoms with E-state index in [0.29, 0.717) is 20.9 Å². The Labute approximate surface area is 224 Å². The summed E-state index contributed by atoms with van der Waals surface area (Å²) < 4.78 is 4.25. The van der Waals surface area contributed by atoms with Crippen LogP contribution < -0.4 is 5.56 Å². The highest BCUT2D eigenvalue weighted by atomic mass is 32.1. The van der Waals surface area contributed by atoms with Crippen LogP contribution in [0.1, 0.15) is 18.4 Å². The predicted molar refractivity (Wildman–Crippen MR) is 153 cm³/mol. The van der Waals surface area contributed by atoms with Gasteiger partial charge in [-0.1, -0.05) is 72.8 Å². The van der Waals surface area contributed by atoms with Crippen LogP contribution in [0.25, 0.3) is 27.0 Å². The highest BCUT2D eigenvalue weighted by molar-refractivity contribution is 7.73. The molecule has 1 saturated heterocycles. The molecule has 37 heavy (non-hydrogen) atoms. The summed E-state index contributed by atoms with van der Waals surface area (Å²) in [5.74, 6) is 0.551. The molecule has 6 rings (SSSR count). The number of rotatable bonds is 5. The Balaban J connectivity index is 1.34. The number of fused-ring (bicyclic) bond motifs is 3. The third-order valence-electron chi connectivity index (χ3n) is 7.33. The van der Waals surface area contributed by atoms with Crippen LogP contribution in [-0.4, -0.2) is 32.9 Å². The van der Waals surface area contributed by atoms with Crippen molar-refractivity contribution in [2.24, 2.45) is 5.92 Å². The first kappa shape index (κ1) is 23.8. The lowest BCUT2D eigenvalue weighted by Gasteiger charge is -2.32. The van der Waals surface area contributed by atoms with E-state index in [-0.39, 0.29) is 18.0 Å². The van der Waals surface area contributed by atoms with E-state index in [2.05, 4.69) is 24.3 Å². The molecule has 0 unspecified atom stereocenters. The van der Waals surface area contributed by atoms with Gasteiger partial charge in [0.2, 0.25) is 5.91 Å². The number of carbonyl (C=O) groups is 1. The Hall–Kier alpha value is -3.55. The quantitative estimate of drug-likeness (QED) is 0.257. The number of hydrogen-bond acceptors (Lipinski definition) is 4. The highest BCUT2D eigenvalue weighted by Gasteiger charge is 2.25. The zero-order chi connectivity index (χ0) is 25.4. The van der Waals surface area contributed by atoms with Gasteiger partial charge in [0.05, 0.1) is 15.8 Å². The lowest BCUT2D eigenvalue weighted by Crippen LogP contribution is -2.42. The van der Waals surface area contributed by atoms with Gasteiger partial charge < -0.3 is 4.90 Å². The van der Waals surface area contributed by atoms with E-state index in [1.165, 1.54) is 16.9 Å². The molecule has 0 spiro atoms. The van der Waals surface area contributed by atoms with E-state index >= 15 is 0 Å². The molecule has 1 amide bonds. The zero-order valence-electron chi connectivity index (χ0n) is 20.4. The number of amides is 1. The molecule has 0 atom stereocenters. The first-order chi connectivity index (χ1) is 18.1. The number of likely N-dealkylation sites (tertiary alicyclic amines) is 1. The molecule has 5 nitrogen and oxygen atoms in total. The van der Waals surface area contributed by atoms with Gasteiger partial charge >= 0.3 is 0 Å². The van der Waals surface area contributed by atoms with Crippen molar-refractivity contribution in [3.8, 4) is 10.4 Å². The largest absolute Gasteiger partial charge is 0.341 e. The third kappa shape index (κ3) is 4.54. The van der Waals surface area contributed by atoms with Gasteiger partial charge in [-0.15, -0.1) is 11.3 Å². The molecule has 3 heterocycles. The van der Waals surface area contributed by atoms with Crippen molar-refractivity contribution in [3.63, 3.8) is 0 Å². The second-order valence-electron chi connectivity index (χ2n) is 9.64. The van der Waals surface area contributed by atoms with E-state index in [9.17, 15) is 9.59 Å². The molecule has 0 aliphatic carbocycles. The van der Waals surface area contributed by atoms with Gasteiger partial charge in [0.15, 0.2) is 3.95 Å². The van der Waals surface area contributed by atoms with E-state index in [1.54, 1.807) is 4.57 Å². The monoisotopic (exact) mass is 525 g/mol. The van der Waals surface area contributed by atoms with E-state index in [1.807, 2.05) is 70.0 Å². The second kappa shape index (κ2) is 10.1. The van der Waals surface area contributed by atoms with Gasteiger partial charge in [-0.2, -0.15) is 0 Å². The minimum atomic E-state index is -0.159. The van der Waals surface area contributed by atoms with Crippen molar-refractivity contribution >= 4 is 46.0 Å². The lowest BCUT2D eigenvalue weighted by atomic mass is 9.90. The molecule has 7 heteroatoms. The summed E-state index contributed by atoms with van der Waals surface area (Å²) in [5.41, 5.74) is 3.64. The standard InChI is InChI=1S/C30H27N3O2S2/c34-26(31-17-15-22(16-18-31)19-21-9-3-1-4-10-21)20-32-28-27(23-11-5-2-6-12-23)37-30(36)33(28)25-14-8-7-13-24(25)29(32)35/h1-14,22H,15-20H2. The normalized spacial score (nSPS) is 14.4. The number of piperidine rings is 1. The van der Waals surface area contributed by atoms with Gasteiger partial charge in [-0.3, -0.25) is 18.6 Å². The Morgan fingerprint density at radius 3 is 2.27 bits per heavy atom. The number of thiazole rings is 1. The molecule has 186 valence electrons. The number of nitrogens with zero attached hydrogens (tertiary/aromatic N) is 3. The van der Waals surface area contributed by atoms with Gasteiger partial charge in [0.1, 0.15) is 12.2 Å². The number of para-hydroxylation sites is 1. The van der Waals surface area contributed by atoms with Gasteiger partial charge in [-0.05, 0) is 60.7 Å². The Morgan fingerprint density at radius 2 is 1.54 bits per heavy atom. The molecule has 1 aliphatic rings. The van der Waals surface area contributed by atoms with Gasteiger partial charge in [0.25, 0.3) is 5.56 Å². The average Bonchev–Trinajstić information content (AvgIpc) is 3.29. The average molecular weight is 526 g/mol. The van der Waals surface area contributed by atoms with Crippen molar-refractivity contribution < 1.29 is 4.79 Å². The maximum Gasteiger partial charge on any atom is 0.262 e. The second-order valence-corrected chi connectivity index (χ2v) is 11.3. The molecule has 1 fully saturated rings. The summed E-state index contributed by atoms with van der Waals surface area (Å²) in [6.45, 7) is 1.44. The molecular formula is C30H27N3O2S2. The summed E-state index contributed by atoms with van der Waals surface area (Å²) in [6, 6.07) is 28.0. The fourth-order valence-electron chi connectivity index (χ4n) is 5.41. The van der Waals surface area contributed by atoms with Gasteiger partial charge in [0, 0.05) is 13.1 Å². The SMILES string of the molecule is O=C(Cn1c(=O)c2ccccc2n2c(=S)sc(-c3ccccc3)c12)N1CCC(Cc2ccccc2)CC1. The van der Waals surface area contributed by atoms with Crippen LogP contribution in [0, 0.1) is 9.87 Å². The molecule has 0 N–H and O–H groups in total. The van der Waals surface area contributed by atoms with Crippen LogP contribution in [0.2, 0.25) is 0 Å². The summed E-state index contributed by atoms with van der Waals surface area (Å²) in [7, 11) is 0. The van der Waals surface area contributed by atoms with Crippen LogP contribution in [0.5, 0.6) is 0 Å². The number of benzene rings is 3. The molecule has 1 aliphatic heterocycles. The number of aromatic nitrogens is 2. The maximum absolute atomic E-state index is 13.8. The van der Waals surface area contributed by atoms with Crippen LogP contribution in [0.4, 0.5) is 0 Å². The fraction of sp³-hybridized carbons (Fsp3) is 0.233.